The van der Waals surface area contributed by atoms with Gasteiger partial charge in [0.1, 0.15) is 5.82 Å². The Hall–Kier alpha value is -2.34. The zero-order valence-electron chi connectivity index (χ0n) is 15.8. The lowest BCUT2D eigenvalue weighted by molar-refractivity contribution is 0.390. The molecule has 0 saturated carbocycles. The van der Waals surface area contributed by atoms with Crippen LogP contribution in [0.5, 0.6) is 0 Å². The fraction of sp³-hybridized carbons (Fsp3) is 0.273. The topological polar surface area (TPSA) is 65.6 Å². The number of nitrogens with one attached hydrogen (secondary N) is 3. The molecular formula is C22H21Cl2N5. The first-order chi connectivity index (χ1) is 14.2. The molecule has 1 fully saturated rings. The third-order valence-corrected chi connectivity index (χ3v) is 6.03. The minimum atomic E-state index is 0.640. The van der Waals surface area contributed by atoms with Crippen molar-refractivity contribution in [3.63, 3.8) is 0 Å². The van der Waals surface area contributed by atoms with Gasteiger partial charge in [-0.15, -0.1) is 0 Å². The molecule has 3 heterocycles. The van der Waals surface area contributed by atoms with Crippen LogP contribution < -0.4 is 10.6 Å². The zero-order chi connectivity index (χ0) is 19.8. The Morgan fingerprint density at radius 2 is 1.76 bits per heavy atom. The van der Waals surface area contributed by atoms with E-state index in [0.717, 1.165) is 58.6 Å². The molecule has 3 N–H and O–H groups in total. The molecule has 2 aromatic heterocycles. The molecule has 0 radical (unpaired) electrons. The van der Waals surface area contributed by atoms with E-state index >= 15 is 0 Å². The summed E-state index contributed by atoms with van der Waals surface area (Å²) in [6.45, 7) is 3.06. The zero-order valence-corrected chi connectivity index (χ0v) is 17.3. The molecule has 0 amide bonds. The van der Waals surface area contributed by atoms with Gasteiger partial charge >= 0.3 is 0 Å². The van der Waals surface area contributed by atoms with Crippen LogP contribution in [0.25, 0.3) is 33.3 Å². The van der Waals surface area contributed by atoms with Crippen LogP contribution in [0, 0.1) is 5.92 Å². The molecule has 0 bridgehead atoms. The number of H-pyrrole nitrogens is 1. The number of nitrogens with zero attached hydrogens (tertiary/aromatic N) is 2. The number of anilines is 1. The summed E-state index contributed by atoms with van der Waals surface area (Å²) < 4.78 is 0. The largest absolute Gasteiger partial charge is 0.384 e. The van der Waals surface area contributed by atoms with Crippen LogP contribution in [0.3, 0.4) is 0 Å². The average molecular weight is 426 g/mol. The van der Waals surface area contributed by atoms with Crippen molar-refractivity contribution in [2.45, 2.75) is 12.8 Å². The van der Waals surface area contributed by atoms with E-state index in [-0.39, 0.29) is 0 Å². The van der Waals surface area contributed by atoms with E-state index in [1.165, 1.54) is 12.8 Å². The second-order valence-corrected chi connectivity index (χ2v) is 8.40. The monoisotopic (exact) mass is 425 g/mol. The number of imidazole rings is 1. The second kappa shape index (κ2) is 7.82. The van der Waals surface area contributed by atoms with Gasteiger partial charge < -0.3 is 15.6 Å². The highest BCUT2D eigenvalue weighted by molar-refractivity contribution is 6.31. The molecule has 29 heavy (non-hydrogen) atoms. The van der Waals surface area contributed by atoms with Crippen molar-refractivity contribution >= 4 is 50.8 Å². The van der Waals surface area contributed by atoms with Crippen LogP contribution in [0.2, 0.25) is 10.0 Å². The van der Waals surface area contributed by atoms with Crippen molar-refractivity contribution in [1.29, 1.82) is 0 Å². The maximum absolute atomic E-state index is 6.32. The maximum Gasteiger partial charge on any atom is 0.142 e. The van der Waals surface area contributed by atoms with Gasteiger partial charge in [0.05, 0.1) is 27.8 Å². The fourth-order valence-corrected chi connectivity index (χ4v) is 4.32. The highest BCUT2D eigenvalue weighted by Crippen LogP contribution is 2.35. The Morgan fingerprint density at radius 3 is 2.59 bits per heavy atom. The van der Waals surface area contributed by atoms with Gasteiger partial charge in [0.15, 0.2) is 0 Å². The Kier molecular flexibility index (Phi) is 5.04. The fourth-order valence-electron chi connectivity index (χ4n) is 3.98. The summed E-state index contributed by atoms with van der Waals surface area (Å²) in [6.07, 6.45) is 4.23. The molecule has 7 heteroatoms. The smallest absolute Gasteiger partial charge is 0.142 e. The van der Waals surface area contributed by atoms with Gasteiger partial charge in [-0.1, -0.05) is 23.2 Å². The summed E-state index contributed by atoms with van der Waals surface area (Å²) in [5.41, 5.74) is 4.63. The molecule has 5 rings (SSSR count). The first-order valence-corrected chi connectivity index (χ1v) is 10.6. The third kappa shape index (κ3) is 3.78. The van der Waals surface area contributed by atoms with E-state index in [1.54, 1.807) is 0 Å². The number of pyridine rings is 1. The number of halogens is 2. The summed E-state index contributed by atoms with van der Waals surface area (Å²) in [6, 6.07) is 11.5. The molecule has 0 atom stereocenters. The number of hydrogen-bond donors (Lipinski definition) is 3. The highest BCUT2D eigenvalue weighted by atomic mass is 35.5. The molecule has 2 aromatic carbocycles. The predicted octanol–water partition coefficient (Wildman–Crippen LogP) is 5.50. The molecule has 0 spiro atoms. The third-order valence-electron chi connectivity index (χ3n) is 5.56. The van der Waals surface area contributed by atoms with Gasteiger partial charge in [-0.05, 0) is 68.2 Å². The highest BCUT2D eigenvalue weighted by Gasteiger charge is 2.18. The Bertz CT molecular complexity index is 1180. The van der Waals surface area contributed by atoms with Crippen LogP contribution in [0.4, 0.5) is 5.69 Å². The number of piperidine rings is 1. The normalized spacial score (nSPS) is 15.2. The second-order valence-electron chi connectivity index (χ2n) is 7.53. The summed E-state index contributed by atoms with van der Waals surface area (Å²) in [7, 11) is 0. The minimum Gasteiger partial charge on any atom is -0.384 e. The van der Waals surface area contributed by atoms with E-state index in [9.17, 15) is 0 Å². The SMILES string of the molecule is Clc1ccc2nc(-c3cnc4ccc(Cl)cc4c3NCC3CCNCC3)[nH]c2c1. The number of fused-ring (bicyclic) bond motifs is 2. The summed E-state index contributed by atoms with van der Waals surface area (Å²) in [4.78, 5) is 12.8. The number of aromatic amines is 1. The average Bonchev–Trinajstić information content (AvgIpc) is 3.15. The van der Waals surface area contributed by atoms with Crippen LogP contribution in [0.1, 0.15) is 12.8 Å². The van der Waals surface area contributed by atoms with Crippen molar-refractivity contribution in [3.8, 4) is 11.4 Å². The lowest BCUT2D eigenvalue weighted by atomic mass is 9.97. The van der Waals surface area contributed by atoms with E-state index < -0.39 is 0 Å². The van der Waals surface area contributed by atoms with Gasteiger partial charge in [0.25, 0.3) is 0 Å². The van der Waals surface area contributed by atoms with Crippen LogP contribution in [-0.4, -0.2) is 34.6 Å². The molecule has 0 unspecified atom stereocenters. The molecular weight excluding hydrogens is 405 g/mol. The van der Waals surface area contributed by atoms with E-state index in [0.29, 0.717) is 16.0 Å². The van der Waals surface area contributed by atoms with Crippen LogP contribution in [-0.2, 0) is 0 Å². The van der Waals surface area contributed by atoms with Gasteiger partial charge in [0, 0.05) is 28.2 Å². The van der Waals surface area contributed by atoms with E-state index in [4.69, 9.17) is 28.2 Å². The van der Waals surface area contributed by atoms with Crippen molar-refractivity contribution < 1.29 is 0 Å². The Morgan fingerprint density at radius 1 is 1.00 bits per heavy atom. The lowest BCUT2D eigenvalue weighted by Crippen LogP contribution is -2.31. The number of hydrogen-bond acceptors (Lipinski definition) is 4. The van der Waals surface area contributed by atoms with Crippen molar-refractivity contribution in [3.05, 3.63) is 52.6 Å². The van der Waals surface area contributed by atoms with Crippen molar-refractivity contribution in [2.24, 2.45) is 5.92 Å². The molecule has 4 aromatic rings. The Balaban J connectivity index is 1.60. The predicted molar refractivity (Wildman–Crippen MR) is 121 cm³/mol. The number of aromatic nitrogens is 3. The summed E-state index contributed by atoms with van der Waals surface area (Å²) in [5.74, 6) is 1.41. The van der Waals surface area contributed by atoms with Crippen molar-refractivity contribution in [2.75, 3.05) is 25.0 Å². The molecule has 0 aliphatic carbocycles. The number of benzene rings is 2. The summed E-state index contributed by atoms with van der Waals surface area (Å²) >= 11 is 12.5. The Labute approximate surface area is 178 Å². The van der Waals surface area contributed by atoms with Gasteiger partial charge in [-0.2, -0.15) is 0 Å². The van der Waals surface area contributed by atoms with Crippen LogP contribution in [0.15, 0.2) is 42.6 Å². The first kappa shape index (κ1) is 18.7. The van der Waals surface area contributed by atoms with E-state index in [1.807, 2.05) is 42.6 Å². The molecule has 5 nitrogen and oxygen atoms in total. The quantitative estimate of drug-likeness (QED) is 0.403. The number of rotatable bonds is 4. The molecule has 1 saturated heterocycles. The summed E-state index contributed by atoms with van der Waals surface area (Å²) in [5, 5.41) is 9.50. The first-order valence-electron chi connectivity index (χ1n) is 9.86. The lowest BCUT2D eigenvalue weighted by Gasteiger charge is -2.24. The maximum atomic E-state index is 6.32. The standard InChI is InChI=1S/C22H21Cl2N5/c23-14-1-3-18-16(9-14)21(27-11-13-5-7-25-8-6-13)17(12-26-18)22-28-19-4-2-15(24)10-20(19)29-22/h1-4,9-10,12-13,25H,5-8,11H2,(H,26,27)(H,28,29). The molecule has 148 valence electrons. The van der Waals surface area contributed by atoms with Gasteiger partial charge in [-0.3, -0.25) is 4.98 Å². The minimum absolute atomic E-state index is 0.640. The molecule has 1 aliphatic heterocycles. The van der Waals surface area contributed by atoms with Crippen molar-refractivity contribution in [1.82, 2.24) is 20.3 Å². The molecule has 1 aliphatic rings. The van der Waals surface area contributed by atoms with Crippen LogP contribution >= 0.6 is 23.2 Å². The van der Waals surface area contributed by atoms with E-state index in [2.05, 4.69) is 20.6 Å². The van der Waals surface area contributed by atoms with Gasteiger partial charge in [0.2, 0.25) is 0 Å². The van der Waals surface area contributed by atoms with Gasteiger partial charge in [-0.25, -0.2) is 4.98 Å².